The molecule has 0 saturated heterocycles. The van der Waals surface area contributed by atoms with E-state index in [1.807, 2.05) is 26.0 Å². The van der Waals surface area contributed by atoms with Crippen molar-refractivity contribution in [2.45, 2.75) is 19.8 Å². The molecule has 94 valence electrons. The summed E-state index contributed by atoms with van der Waals surface area (Å²) >= 11 is 17.2. The molecule has 17 heavy (non-hydrogen) atoms. The van der Waals surface area contributed by atoms with Crippen LogP contribution in [0.1, 0.15) is 25.3 Å². The molecule has 0 amide bonds. The van der Waals surface area contributed by atoms with E-state index >= 15 is 0 Å². The van der Waals surface area contributed by atoms with Gasteiger partial charge in [0.25, 0.3) is 0 Å². The minimum absolute atomic E-state index is 0.0885. The second kappa shape index (κ2) is 5.89. The molecule has 0 spiro atoms. The third kappa shape index (κ3) is 3.24. The quantitative estimate of drug-likeness (QED) is 0.851. The van der Waals surface area contributed by atoms with Crippen molar-refractivity contribution in [1.82, 2.24) is 0 Å². The van der Waals surface area contributed by atoms with Crippen LogP contribution in [-0.2, 0) is 0 Å². The Morgan fingerprint density at radius 3 is 2.12 bits per heavy atom. The van der Waals surface area contributed by atoms with Gasteiger partial charge >= 0.3 is 0 Å². The van der Waals surface area contributed by atoms with E-state index in [2.05, 4.69) is 0 Å². The van der Waals surface area contributed by atoms with Crippen LogP contribution < -0.4 is 10.5 Å². The van der Waals surface area contributed by atoms with E-state index in [-0.39, 0.29) is 11.8 Å². The molecule has 2 nitrogen and oxygen atoms in total. The van der Waals surface area contributed by atoms with E-state index in [4.69, 9.17) is 45.9 Å². The third-order valence-electron chi connectivity index (χ3n) is 2.95. The lowest BCUT2D eigenvalue weighted by atomic mass is 9.89. The summed E-state index contributed by atoms with van der Waals surface area (Å²) < 4.78 is 5.10. The lowest BCUT2D eigenvalue weighted by molar-refractivity contribution is 0.415. The van der Waals surface area contributed by atoms with Crippen LogP contribution in [0.4, 0.5) is 0 Å². The molecular weight excluding hydrogens is 277 g/mol. The fourth-order valence-corrected chi connectivity index (χ4v) is 2.43. The first kappa shape index (κ1) is 14.6. The lowest BCUT2D eigenvalue weighted by Gasteiger charge is -2.20. The van der Waals surface area contributed by atoms with Gasteiger partial charge in [-0.25, -0.2) is 0 Å². The SMILES string of the molecule is COc1c(Cl)cc(C(C)C(C)C(N)=S)cc1Cl. The highest BCUT2D eigenvalue weighted by molar-refractivity contribution is 7.80. The Kier molecular flexibility index (Phi) is 5.04. The van der Waals surface area contributed by atoms with E-state index in [0.29, 0.717) is 20.8 Å². The fourth-order valence-electron chi connectivity index (χ4n) is 1.57. The molecule has 0 fully saturated rings. The van der Waals surface area contributed by atoms with Crippen LogP contribution in [0.15, 0.2) is 12.1 Å². The average Bonchev–Trinajstić information content (AvgIpc) is 2.26. The van der Waals surface area contributed by atoms with E-state index in [9.17, 15) is 0 Å². The average molecular weight is 292 g/mol. The van der Waals surface area contributed by atoms with Gasteiger partial charge in [-0.2, -0.15) is 0 Å². The zero-order chi connectivity index (χ0) is 13.2. The molecule has 0 heterocycles. The predicted octanol–water partition coefficient (Wildman–Crippen LogP) is 4.03. The van der Waals surface area contributed by atoms with Gasteiger partial charge in [0.05, 0.1) is 22.1 Å². The Labute approximate surface area is 117 Å². The molecule has 0 saturated carbocycles. The van der Waals surface area contributed by atoms with Gasteiger partial charge in [0.15, 0.2) is 5.75 Å². The maximum atomic E-state index is 6.09. The molecule has 0 aromatic heterocycles. The Bertz CT molecular complexity index is 414. The summed E-state index contributed by atoms with van der Waals surface area (Å²) in [5, 5.41) is 0.994. The van der Waals surface area contributed by atoms with Crippen molar-refractivity contribution in [3.63, 3.8) is 0 Å². The van der Waals surface area contributed by atoms with Crippen LogP contribution in [0.2, 0.25) is 10.0 Å². The summed E-state index contributed by atoms with van der Waals surface area (Å²) in [7, 11) is 1.54. The first-order valence-electron chi connectivity index (χ1n) is 5.20. The maximum absolute atomic E-state index is 6.09. The highest BCUT2D eigenvalue weighted by Crippen LogP contribution is 2.37. The van der Waals surface area contributed by atoms with Crippen LogP contribution in [0, 0.1) is 5.92 Å². The number of benzene rings is 1. The second-order valence-corrected chi connectivity index (χ2v) is 5.28. The number of hydrogen-bond donors (Lipinski definition) is 1. The topological polar surface area (TPSA) is 35.2 Å². The highest BCUT2D eigenvalue weighted by atomic mass is 35.5. The smallest absolute Gasteiger partial charge is 0.156 e. The van der Waals surface area contributed by atoms with Crippen molar-refractivity contribution in [1.29, 1.82) is 0 Å². The molecule has 5 heteroatoms. The Morgan fingerprint density at radius 1 is 1.29 bits per heavy atom. The van der Waals surface area contributed by atoms with Gasteiger partial charge in [0.1, 0.15) is 0 Å². The molecule has 0 aliphatic heterocycles. The molecule has 1 rings (SSSR count). The summed E-state index contributed by atoms with van der Waals surface area (Å²) in [6.07, 6.45) is 0. The number of halogens is 2. The van der Waals surface area contributed by atoms with Crippen molar-refractivity contribution in [2.75, 3.05) is 7.11 Å². The summed E-state index contributed by atoms with van der Waals surface area (Å²) in [6, 6.07) is 3.68. The molecule has 2 atom stereocenters. The van der Waals surface area contributed by atoms with Crippen LogP contribution in [0.3, 0.4) is 0 Å². The molecule has 0 aliphatic rings. The van der Waals surface area contributed by atoms with Crippen molar-refractivity contribution in [2.24, 2.45) is 11.7 Å². The zero-order valence-corrected chi connectivity index (χ0v) is 12.3. The van der Waals surface area contributed by atoms with Gasteiger partial charge in [-0.05, 0) is 23.6 Å². The summed E-state index contributed by atoms with van der Waals surface area (Å²) in [5.74, 6) is 0.742. The van der Waals surface area contributed by atoms with Crippen LogP contribution in [-0.4, -0.2) is 12.1 Å². The normalized spacial score (nSPS) is 14.2. The van der Waals surface area contributed by atoms with Crippen molar-refractivity contribution >= 4 is 40.4 Å². The molecule has 1 aromatic rings. The maximum Gasteiger partial charge on any atom is 0.156 e. The first-order chi connectivity index (χ1) is 7.88. The summed E-state index contributed by atoms with van der Waals surface area (Å²) in [5.41, 5.74) is 6.65. The molecule has 0 aliphatic carbocycles. The molecule has 0 radical (unpaired) electrons. The van der Waals surface area contributed by atoms with Gasteiger partial charge in [-0.15, -0.1) is 0 Å². The standard InChI is InChI=1S/C12H15Cl2NOS/c1-6(7(2)12(15)17)8-4-9(13)11(16-3)10(14)5-8/h4-7H,1-3H3,(H2,15,17). The van der Waals surface area contributed by atoms with Gasteiger partial charge in [-0.1, -0.05) is 49.3 Å². The number of thiocarbonyl (C=S) groups is 1. The van der Waals surface area contributed by atoms with Gasteiger partial charge in [-0.3, -0.25) is 0 Å². The van der Waals surface area contributed by atoms with Crippen molar-refractivity contribution in [3.05, 3.63) is 27.7 Å². The predicted molar refractivity (Wildman–Crippen MR) is 77.4 cm³/mol. The minimum atomic E-state index is 0.0885. The van der Waals surface area contributed by atoms with Crippen molar-refractivity contribution < 1.29 is 4.74 Å². The van der Waals surface area contributed by atoms with Crippen LogP contribution in [0.5, 0.6) is 5.75 Å². The van der Waals surface area contributed by atoms with E-state index in [1.54, 1.807) is 0 Å². The molecular formula is C12H15Cl2NOS. The number of ether oxygens (including phenoxy) is 1. The van der Waals surface area contributed by atoms with E-state index in [0.717, 1.165) is 5.56 Å². The van der Waals surface area contributed by atoms with Gasteiger partial charge in [0, 0.05) is 5.92 Å². The molecule has 0 bridgehead atoms. The Balaban J connectivity index is 3.12. The van der Waals surface area contributed by atoms with E-state index in [1.165, 1.54) is 7.11 Å². The van der Waals surface area contributed by atoms with Gasteiger partial charge in [0.2, 0.25) is 0 Å². The Hall–Kier alpha value is -0.510. The lowest BCUT2D eigenvalue weighted by Crippen LogP contribution is -2.23. The van der Waals surface area contributed by atoms with Crippen LogP contribution in [0.25, 0.3) is 0 Å². The third-order valence-corrected chi connectivity index (χ3v) is 3.88. The van der Waals surface area contributed by atoms with Crippen LogP contribution >= 0.6 is 35.4 Å². The van der Waals surface area contributed by atoms with Crippen molar-refractivity contribution in [3.8, 4) is 5.75 Å². The number of rotatable bonds is 4. The monoisotopic (exact) mass is 291 g/mol. The molecule has 2 unspecified atom stereocenters. The first-order valence-corrected chi connectivity index (χ1v) is 6.37. The summed E-state index contributed by atoms with van der Waals surface area (Å²) in [4.78, 5) is 0.487. The molecule has 2 N–H and O–H groups in total. The zero-order valence-electron chi connectivity index (χ0n) is 9.96. The number of nitrogens with two attached hydrogens (primary N) is 1. The highest BCUT2D eigenvalue weighted by Gasteiger charge is 2.19. The van der Waals surface area contributed by atoms with E-state index < -0.39 is 0 Å². The summed E-state index contributed by atoms with van der Waals surface area (Å²) in [6.45, 7) is 4.03. The fraction of sp³-hybridized carbons (Fsp3) is 0.417. The molecule has 1 aromatic carbocycles. The second-order valence-electron chi connectivity index (χ2n) is 4.00. The number of hydrogen-bond acceptors (Lipinski definition) is 2. The number of methoxy groups -OCH3 is 1. The minimum Gasteiger partial charge on any atom is -0.494 e. The Morgan fingerprint density at radius 2 is 1.76 bits per heavy atom. The van der Waals surface area contributed by atoms with Gasteiger partial charge < -0.3 is 10.5 Å². The largest absolute Gasteiger partial charge is 0.494 e.